The predicted octanol–water partition coefficient (Wildman–Crippen LogP) is 5.09. The molecule has 2 N–H and O–H groups in total. The number of allylic oxidation sites excluding steroid dienone is 1. The third-order valence-electron chi connectivity index (χ3n) is 9.23. The number of fused-ring (bicyclic) bond motifs is 5. The lowest BCUT2D eigenvalue weighted by atomic mass is 9.47. The Hall–Kier alpha value is -0.340. The molecule has 3 saturated carbocycles. The minimum absolute atomic E-state index is 0.0906. The highest BCUT2D eigenvalue weighted by Gasteiger charge is 2.58. The Morgan fingerprint density at radius 3 is 2.68 bits per heavy atom. The van der Waals surface area contributed by atoms with Crippen molar-refractivity contribution in [3.8, 4) is 0 Å². The topological polar surface area (TPSA) is 40.5 Å². The summed E-state index contributed by atoms with van der Waals surface area (Å²) in [5.41, 5.74) is 2.51. The molecule has 4 rings (SSSR count). The van der Waals surface area contributed by atoms with Crippen molar-refractivity contribution >= 4 is 0 Å². The number of aliphatic hydroxyl groups excluding tert-OH is 2. The summed E-state index contributed by atoms with van der Waals surface area (Å²) in [6, 6.07) is 0. The second kappa shape index (κ2) is 6.68. The Kier molecular flexibility index (Phi) is 4.82. The van der Waals surface area contributed by atoms with Crippen LogP contribution in [0, 0.1) is 34.5 Å². The molecular weight excluding hydrogens is 308 g/mol. The van der Waals surface area contributed by atoms with Gasteiger partial charge in [0.05, 0.1) is 6.10 Å². The molecule has 7 atom stereocenters. The largest absolute Gasteiger partial charge is 0.396 e. The van der Waals surface area contributed by atoms with Gasteiger partial charge in [-0.05, 0) is 98.7 Å². The van der Waals surface area contributed by atoms with Crippen LogP contribution in [0.15, 0.2) is 11.6 Å². The van der Waals surface area contributed by atoms with Crippen LogP contribution in [0.25, 0.3) is 0 Å². The van der Waals surface area contributed by atoms with Crippen molar-refractivity contribution < 1.29 is 10.2 Å². The van der Waals surface area contributed by atoms with Gasteiger partial charge in [0.25, 0.3) is 0 Å². The summed E-state index contributed by atoms with van der Waals surface area (Å²) in [5.74, 6) is 3.53. The van der Waals surface area contributed by atoms with Crippen molar-refractivity contribution in [2.24, 2.45) is 34.5 Å². The smallest absolute Gasteiger partial charge is 0.0577 e. The predicted molar refractivity (Wildman–Crippen MR) is 102 cm³/mol. The fourth-order valence-electron chi connectivity index (χ4n) is 7.73. The van der Waals surface area contributed by atoms with Gasteiger partial charge in [-0.1, -0.05) is 31.9 Å². The van der Waals surface area contributed by atoms with Crippen LogP contribution in [-0.4, -0.2) is 22.9 Å². The molecule has 0 radical (unpaired) electrons. The molecule has 0 saturated heterocycles. The SMILES string of the molecule is CC12CCC(O)CC1=CCC1C2CCC2(C)C1CC[C@H]2CCCCO. The van der Waals surface area contributed by atoms with Gasteiger partial charge in [-0.3, -0.25) is 0 Å². The Morgan fingerprint density at radius 2 is 1.88 bits per heavy atom. The maximum absolute atomic E-state index is 10.1. The molecule has 4 aliphatic carbocycles. The van der Waals surface area contributed by atoms with Crippen LogP contribution in [0.2, 0.25) is 0 Å². The molecule has 0 aromatic rings. The molecule has 4 aliphatic rings. The van der Waals surface area contributed by atoms with Gasteiger partial charge in [0.2, 0.25) is 0 Å². The van der Waals surface area contributed by atoms with E-state index in [2.05, 4.69) is 19.9 Å². The monoisotopic (exact) mass is 346 g/mol. The van der Waals surface area contributed by atoms with Gasteiger partial charge in [0.15, 0.2) is 0 Å². The van der Waals surface area contributed by atoms with Gasteiger partial charge >= 0.3 is 0 Å². The van der Waals surface area contributed by atoms with E-state index in [9.17, 15) is 5.11 Å². The van der Waals surface area contributed by atoms with Crippen molar-refractivity contribution in [3.05, 3.63) is 11.6 Å². The zero-order valence-electron chi connectivity index (χ0n) is 16.3. The van der Waals surface area contributed by atoms with E-state index < -0.39 is 0 Å². The Labute approximate surface area is 154 Å². The number of aliphatic hydroxyl groups is 2. The summed E-state index contributed by atoms with van der Waals surface area (Å²) in [7, 11) is 0. The van der Waals surface area contributed by atoms with E-state index in [1.165, 1.54) is 51.4 Å². The zero-order valence-corrected chi connectivity index (χ0v) is 16.3. The minimum atomic E-state index is -0.0906. The highest BCUT2D eigenvalue weighted by Crippen LogP contribution is 2.66. The molecule has 2 heteroatoms. The molecule has 25 heavy (non-hydrogen) atoms. The van der Waals surface area contributed by atoms with E-state index >= 15 is 0 Å². The van der Waals surface area contributed by atoms with Crippen LogP contribution < -0.4 is 0 Å². The minimum Gasteiger partial charge on any atom is -0.396 e. The van der Waals surface area contributed by atoms with Crippen molar-refractivity contribution in [3.63, 3.8) is 0 Å². The maximum Gasteiger partial charge on any atom is 0.0577 e. The quantitative estimate of drug-likeness (QED) is 0.550. The average Bonchev–Trinajstić information content (AvgIpc) is 2.92. The van der Waals surface area contributed by atoms with Crippen LogP contribution in [0.3, 0.4) is 0 Å². The van der Waals surface area contributed by atoms with E-state index in [0.717, 1.165) is 42.9 Å². The molecule has 0 heterocycles. The normalized spacial score (nSPS) is 49.1. The van der Waals surface area contributed by atoms with Gasteiger partial charge in [0, 0.05) is 6.61 Å². The number of unbranched alkanes of at least 4 members (excludes halogenated alkanes) is 1. The Bertz CT molecular complexity index is 526. The van der Waals surface area contributed by atoms with Gasteiger partial charge in [-0.15, -0.1) is 0 Å². The van der Waals surface area contributed by atoms with Crippen molar-refractivity contribution in [2.45, 2.75) is 90.6 Å². The molecule has 3 fully saturated rings. The first kappa shape index (κ1) is 18.0. The number of hydrogen-bond acceptors (Lipinski definition) is 2. The molecule has 0 spiro atoms. The molecule has 142 valence electrons. The third kappa shape index (κ3) is 2.83. The lowest BCUT2D eigenvalue weighted by Gasteiger charge is -2.58. The van der Waals surface area contributed by atoms with Crippen molar-refractivity contribution in [1.29, 1.82) is 0 Å². The maximum atomic E-state index is 10.1. The molecule has 0 aromatic heterocycles. The molecular formula is C23H38O2. The van der Waals surface area contributed by atoms with Gasteiger partial charge in [-0.2, -0.15) is 0 Å². The van der Waals surface area contributed by atoms with Crippen LogP contribution in [0.5, 0.6) is 0 Å². The Balaban J connectivity index is 1.54. The summed E-state index contributed by atoms with van der Waals surface area (Å²) in [5, 5.41) is 19.3. The first-order chi connectivity index (χ1) is 12.0. The lowest BCUT2D eigenvalue weighted by Crippen LogP contribution is -2.50. The van der Waals surface area contributed by atoms with Crippen LogP contribution in [-0.2, 0) is 0 Å². The van der Waals surface area contributed by atoms with Crippen LogP contribution in [0.1, 0.15) is 84.5 Å². The van der Waals surface area contributed by atoms with E-state index in [1.54, 1.807) is 5.57 Å². The van der Waals surface area contributed by atoms with Crippen LogP contribution in [0.4, 0.5) is 0 Å². The summed E-state index contributed by atoms with van der Waals surface area (Å²) in [4.78, 5) is 0. The summed E-state index contributed by atoms with van der Waals surface area (Å²) in [6.07, 6.45) is 16.0. The zero-order chi connectivity index (χ0) is 17.7. The molecule has 0 aromatic carbocycles. The molecule has 0 aliphatic heterocycles. The first-order valence-electron chi connectivity index (χ1n) is 11.0. The number of rotatable bonds is 4. The summed E-state index contributed by atoms with van der Waals surface area (Å²) in [6.45, 7) is 5.49. The molecule has 0 amide bonds. The summed E-state index contributed by atoms with van der Waals surface area (Å²) >= 11 is 0. The van der Waals surface area contributed by atoms with Crippen molar-refractivity contribution in [1.82, 2.24) is 0 Å². The standard InChI is InChI=1S/C23H38O2/c1-22-13-11-21-19(20(22)9-7-16(22)5-3-4-14-24)8-6-17-15-18(25)10-12-23(17,21)2/h6,16,18-21,24-25H,3-5,7-15H2,1-2H3/t16-,18?,19?,20?,21?,22?,23?/m1/s1. The van der Waals surface area contributed by atoms with E-state index in [4.69, 9.17) is 5.11 Å². The van der Waals surface area contributed by atoms with Crippen LogP contribution >= 0.6 is 0 Å². The highest BCUT2D eigenvalue weighted by molar-refractivity contribution is 5.25. The van der Waals surface area contributed by atoms with Gasteiger partial charge in [0.1, 0.15) is 0 Å². The van der Waals surface area contributed by atoms with Gasteiger partial charge in [-0.25, -0.2) is 0 Å². The Morgan fingerprint density at radius 1 is 1.04 bits per heavy atom. The molecule has 0 bridgehead atoms. The fourth-order valence-corrected chi connectivity index (χ4v) is 7.73. The fraction of sp³-hybridized carbons (Fsp3) is 0.913. The second-order valence-corrected chi connectivity index (χ2v) is 10.2. The third-order valence-corrected chi connectivity index (χ3v) is 9.23. The highest BCUT2D eigenvalue weighted by atomic mass is 16.3. The van der Waals surface area contributed by atoms with E-state index in [1.807, 2.05) is 0 Å². The molecule has 6 unspecified atom stereocenters. The molecule has 2 nitrogen and oxygen atoms in total. The summed E-state index contributed by atoms with van der Waals surface area (Å²) < 4.78 is 0. The van der Waals surface area contributed by atoms with Crippen molar-refractivity contribution in [2.75, 3.05) is 6.61 Å². The van der Waals surface area contributed by atoms with E-state index in [0.29, 0.717) is 17.4 Å². The van der Waals surface area contributed by atoms with Gasteiger partial charge < -0.3 is 10.2 Å². The first-order valence-corrected chi connectivity index (χ1v) is 11.0. The lowest BCUT2D eigenvalue weighted by molar-refractivity contribution is -0.0509. The second-order valence-electron chi connectivity index (χ2n) is 10.2. The average molecular weight is 347 g/mol. The van der Waals surface area contributed by atoms with E-state index in [-0.39, 0.29) is 6.10 Å². The number of hydrogen-bond donors (Lipinski definition) is 2.